The van der Waals surface area contributed by atoms with Crippen LogP contribution in [0, 0.1) is 5.92 Å². The molecule has 0 saturated heterocycles. The minimum Gasteiger partial charge on any atom is -0.481 e. The van der Waals surface area contributed by atoms with Crippen molar-refractivity contribution in [1.29, 1.82) is 0 Å². The average Bonchev–Trinajstić information content (AvgIpc) is 2.70. The number of aliphatic hydroxyl groups is 1. The molecule has 8 N–H and O–H groups in total. The van der Waals surface area contributed by atoms with E-state index in [0.29, 0.717) is 12.2 Å². The van der Waals surface area contributed by atoms with Crippen molar-refractivity contribution >= 4 is 41.4 Å². The summed E-state index contributed by atoms with van der Waals surface area (Å²) in [6.07, 6.45) is 0.386. The summed E-state index contributed by atoms with van der Waals surface area (Å²) in [4.78, 5) is 59.8. The topological polar surface area (TPSA) is 208 Å². The van der Waals surface area contributed by atoms with Crippen LogP contribution in [0.25, 0.3) is 0 Å². The number of carbonyl (C=O) groups is 5. The standard InChI is InChI=1S/C19H34N4O8S/c1-5-9(2)14(22-16(27)11(20)8-13(25)26)17(28)23-15(10(3)24)18(29)21-12(19(30)31)6-7-32-4/h9-12,14-15,24H,5-8,20H2,1-4H3,(H,21,29)(H,22,27)(H,23,28)(H,25,26)(H,30,31). The first-order chi connectivity index (χ1) is 14.8. The number of amides is 3. The fourth-order valence-corrected chi connectivity index (χ4v) is 3.12. The Morgan fingerprint density at radius 3 is 1.91 bits per heavy atom. The molecule has 13 heteroatoms. The predicted octanol–water partition coefficient (Wildman–Crippen LogP) is -1.49. The lowest BCUT2D eigenvalue weighted by molar-refractivity contribution is -0.143. The number of thioether (sulfide) groups is 1. The van der Waals surface area contributed by atoms with Crippen LogP contribution in [0.4, 0.5) is 0 Å². The Bertz CT molecular complexity index is 676. The van der Waals surface area contributed by atoms with Crippen LogP contribution in [0.5, 0.6) is 0 Å². The number of aliphatic carboxylic acids is 2. The number of hydrogen-bond donors (Lipinski definition) is 7. The Morgan fingerprint density at radius 2 is 1.47 bits per heavy atom. The van der Waals surface area contributed by atoms with E-state index in [4.69, 9.17) is 10.8 Å². The van der Waals surface area contributed by atoms with Gasteiger partial charge in [0, 0.05) is 0 Å². The third-order valence-corrected chi connectivity index (χ3v) is 5.46. The van der Waals surface area contributed by atoms with E-state index in [2.05, 4.69) is 16.0 Å². The molecule has 0 aliphatic heterocycles. The van der Waals surface area contributed by atoms with Gasteiger partial charge in [-0.2, -0.15) is 11.8 Å². The van der Waals surface area contributed by atoms with Gasteiger partial charge in [-0.25, -0.2) is 4.79 Å². The van der Waals surface area contributed by atoms with Crippen LogP contribution in [0.15, 0.2) is 0 Å². The van der Waals surface area contributed by atoms with Crippen LogP contribution in [-0.2, 0) is 24.0 Å². The molecule has 0 aliphatic rings. The van der Waals surface area contributed by atoms with Crippen LogP contribution in [0.3, 0.4) is 0 Å². The number of carboxylic acids is 2. The molecule has 0 aromatic rings. The van der Waals surface area contributed by atoms with Crippen molar-refractivity contribution in [2.45, 2.75) is 70.3 Å². The fraction of sp³-hybridized carbons (Fsp3) is 0.737. The summed E-state index contributed by atoms with van der Waals surface area (Å²) in [6, 6.07) is -5.22. The minimum atomic E-state index is -1.48. The predicted molar refractivity (Wildman–Crippen MR) is 118 cm³/mol. The summed E-state index contributed by atoms with van der Waals surface area (Å²) in [5.41, 5.74) is 5.54. The van der Waals surface area contributed by atoms with Crippen molar-refractivity contribution in [2.24, 2.45) is 11.7 Å². The second-order valence-corrected chi connectivity index (χ2v) is 8.47. The van der Waals surface area contributed by atoms with E-state index in [9.17, 15) is 34.2 Å². The molecule has 12 nitrogen and oxygen atoms in total. The molecule has 0 aromatic heterocycles. The van der Waals surface area contributed by atoms with Gasteiger partial charge in [0.2, 0.25) is 17.7 Å². The molecule has 0 saturated carbocycles. The first-order valence-electron chi connectivity index (χ1n) is 10.1. The zero-order valence-corrected chi connectivity index (χ0v) is 19.5. The largest absolute Gasteiger partial charge is 0.481 e. The number of rotatable bonds is 15. The first-order valence-corrected chi connectivity index (χ1v) is 11.5. The quantitative estimate of drug-likeness (QED) is 0.145. The summed E-state index contributed by atoms with van der Waals surface area (Å²) in [7, 11) is 0. The van der Waals surface area contributed by atoms with E-state index in [1.54, 1.807) is 20.1 Å². The van der Waals surface area contributed by atoms with Crippen molar-refractivity contribution in [1.82, 2.24) is 16.0 Å². The number of aliphatic hydroxyl groups excluding tert-OH is 1. The van der Waals surface area contributed by atoms with Gasteiger partial charge < -0.3 is 37.0 Å². The third-order valence-electron chi connectivity index (χ3n) is 4.81. The fourth-order valence-electron chi connectivity index (χ4n) is 2.65. The molecule has 3 amide bonds. The number of carboxylic acid groups (broad SMARTS) is 2. The van der Waals surface area contributed by atoms with Crippen LogP contribution >= 0.6 is 11.8 Å². The van der Waals surface area contributed by atoms with Gasteiger partial charge in [0.05, 0.1) is 18.6 Å². The number of nitrogens with one attached hydrogen (secondary N) is 3. The van der Waals surface area contributed by atoms with Gasteiger partial charge >= 0.3 is 11.9 Å². The van der Waals surface area contributed by atoms with Gasteiger partial charge in [-0.15, -0.1) is 0 Å². The highest BCUT2D eigenvalue weighted by atomic mass is 32.2. The molecule has 32 heavy (non-hydrogen) atoms. The van der Waals surface area contributed by atoms with Gasteiger partial charge in [-0.1, -0.05) is 20.3 Å². The second-order valence-electron chi connectivity index (χ2n) is 7.48. The molecular formula is C19H34N4O8S. The van der Waals surface area contributed by atoms with Gasteiger partial charge in [-0.3, -0.25) is 19.2 Å². The highest BCUT2D eigenvalue weighted by molar-refractivity contribution is 7.98. The first kappa shape index (κ1) is 29.6. The average molecular weight is 479 g/mol. The van der Waals surface area contributed by atoms with E-state index in [1.165, 1.54) is 18.7 Å². The summed E-state index contributed by atoms with van der Waals surface area (Å²) in [5, 5.41) is 35.1. The molecule has 0 aromatic carbocycles. The van der Waals surface area contributed by atoms with E-state index in [0.717, 1.165) is 0 Å². The lowest BCUT2D eigenvalue weighted by Gasteiger charge is -2.28. The Kier molecular flexibility index (Phi) is 13.5. The molecule has 0 radical (unpaired) electrons. The lowest BCUT2D eigenvalue weighted by Crippen LogP contribution is -2.61. The van der Waals surface area contributed by atoms with Gasteiger partial charge in [0.1, 0.15) is 18.1 Å². The maximum Gasteiger partial charge on any atom is 0.326 e. The maximum atomic E-state index is 12.8. The molecule has 0 fully saturated rings. The SMILES string of the molecule is CCC(C)C(NC(=O)C(N)CC(=O)O)C(=O)NC(C(=O)NC(CCSC)C(=O)O)C(C)O. The summed E-state index contributed by atoms with van der Waals surface area (Å²) in [6.45, 7) is 4.67. The summed E-state index contributed by atoms with van der Waals surface area (Å²) < 4.78 is 0. The zero-order chi connectivity index (χ0) is 25.0. The Hall–Kier alpha value is -2.38. The molecule has 184 valence electrons. The van der Waals surface area contributed by atoms with Crippen LogP contribution in [-0.4, -0.2) is 87.3 Å². The molecule has 0 bridgehead atoms. The molecule has 6 unspecified atom stereocenters. The Balaban J connectivity index is 5.44. The number of carbonyl (C=O) groups excluding carboxylic acids is 3. The minimum absolute atomic E-state index is 0.149. The van der Waals surface area contributed by atoms with Crippen molar-refractivity contribution in [2.75, 3.05) is 12.0 Å². The smallest absolute Gasteiger partial charge is 0.326 e. The monoisotopic (exact) mass is 478 g/mol. The van der Waals surface area contributed by atoms with Crippen molar-refractivity contribution in [3.63, 3.8) is 0 Å². The van der Waals surface area contributed by atoms with E-state index in [-0.39, 0.29) is 6.42 Å². The molecular weight excluding hydrogens is 444 g/mol. The van der Waals surface area contributed by atoms with Crippen molar-refractivity contribution < 1.29 is 39.3 Å². The van der Waals surface area contributed by atoms with Crippen LogP contribution in [0.2, 0.25) is 0 Å². The maximum absolute atomic E-state index is 12.8. The lowest BCUT2D eigenvalue weighted by atomic mass is 9.97. The molecule has 6 atom stereocenters. The molecule has 0 aliphatic carbocycles. The van der Waals surface area contributed by atoms with E-state index < -0.39 is 72.3 Å². The second kappa shape index (κ2) is 14.6. The highest BCUT2D eigenvalue weighted by Gasteiger charge is 2.34. The highest BCUT2D eigenvalue weighted by Crippen LogP contribution is 2.10. The number of hydrogen-bond acceptors (Lipinski definition) is 8. The third kappa shape index (κ3) is 10.3. The van der Waals surface area contributed by atoms with Crippen LogP contribution in [0.1, 0.15) is 40.0 Å². The van der Waals surface area contributed by atoms with Crippen molar-refractivity contribution in [3.8, 4) is 0 Å². The van der Waals surface area contributed by atoms with Gasteiger partial charge in [0.25, 0.3) is 0 Å². The number of nitrogens with two attached hydrogens (primary N) is 1. The molecule has 0 heterocycles. The normalized spacial score (nSPS) is 16.6. The Labute approximate surface area is 191 Å². The van der Waals surface area contributed by atoms with E-state index >= 15 is 0 Å². The van der Waals surface area contributed by atoms with E-state index in [1.807, 2.05) is 0 Å². The van der Waals surface area contributed by atoms with Crippen molar-refractivity contribution in [3.05, 3.63) is 0 Å². The van der Waals surface area contributed by atoms with Gasteiger partial charge in [0.15, 0.2) is 0 Å². The van der Waals surface area contributed by atoms with Crippen LogP contribution < -0.4 is 21.7 Å². The summed E-state index contributed by atoms with van der Waals surface area (Å²) in [5.74, 6) is -5.01. The summed E-state index contributed by atoms with van der Waals surface area (Å²) >= 11 is 1.40. The molecule has 0 spiro atoms. The molecule has 0 rings (SSSR count). The zero-order valence-electron chi connectivity index (χ0n) is 18.7. The van der Waals surface area contributed by atoms with Gasteiger partial charge in [-0.05, 0) is 31.3 Å². The Morgan fingerprint density at radius 1 is 0.938 bits per heavy atom.